The molecule has 1 aliphatic heterocycles. The van der Waals surface area contributed by atoms with E-state index in [0.717, 1.165) is 0 Å². The molecule has 13 heavy (non-hydrogen) atoms. The lowest BCUT2D eigenvalue weighted by Gasteiger charge is -2.35. The van der Waals surface area contributed by atoms with E-state index >= 15 is 0 Å². The average Bonchev–Trinajstić information content (AvgIpc) is 2.02. The van der Waals surface area contributed by atoms with Gasteiger partial charge in [0.1, 0.15) is 0 Å². The molecular weight excluding hydrogens is 170 g/mol. The van der Waals surface area contributed by atoms with Gasteiger partial charge in [-0.1, -0.05) is 5.16 Å². The Morgan fingerprint density at radius 3 is 2.23 bits per heavy atom. The first-order chi connectivity index (χ1) is 6.06. The zero-order chi connectivity index (χ0) is 10.0. The monoisotopic (exact) mass is 185 g/mol. The molecular formula is C8H15N3O2. The van der Waals surface area contributed by atoms with Crippen LogP contribution < -0.4 is 10.6 Å². The molecule has 74 valence electrons. The molecule has 0 bridgehead atoms. The fourth-order valence-electron chi connectivity index (χ4n) is 1.86. The third-order valence-electron chi connectivity index (χ3n) is 2.44. The number of nitrogens with one attached hydrogen (secondary N) is 2. The quantitative estimate of drug-likeness (QED) is 0.317. The summed E-state index contributed by atoms with van der Waals surface area (Å²) in [5.41, 5.74) is 0.632. The van der Waals surface area contributed by atoms with Gasteiger partial charge in [0.2, 0.25) is 0 Å². The SMILES string of the molecule is C/C(=N\O)C1C(C)NC(=O)NC1C. The number of hydrogen-bond acceptors (Lipinski definition) is 3. The summed E-state index contributed by atoms with van der Waals surface area (Å²) in [4.78, 5) is 11.0. The fraction of sp³-hybridized carbons (Fsp3) is 0.750. The lowest BCUT2D eigenvalue weighted by molar-refractivity contribution is 0.212. The van der Waals surface area contributed by atoms with Crippen molar-refractivity contribution in [3.05, 3.63) is 0 Å². The van der Waals surface area contributed by atoms with E-state index in [1.165, 1.54) is 0 Å². The molecule has 1 fully saturated rings. The number of hydrogen-bond donors (Lipinski definition) is 3. The van der Waals surface area contributed by atoms with Gasteiger partial charge in [0, 0.05) is 18.0 Å². The highest BCUT2D eigenvalue weighted by Gasteiger charge is 2.33. The van der Waals surface area contributed by atoms with Crippen molar-refractivity contribution in [2.75, 3.05) is 0 Å². The summed E-state index contributed by atoms with van der Waals surface area (Å²) >= 11 is 0. The predicted octanol–water partition coefficient (Wildman–Crippen LogP) is 0.543. The van der Waals surface area contributed by atoms with Gasteiger partial charge in [-0.05, 0) is 20.8 Å². The molecule has 1 heterocycles. The van der Waals surface area contributed by atoms with E-state index in [1.807, 2.05) is 13.8 Å². The lowest BCUT2D eigenvalue weighted by Crippen LogP contribution is -2.60. The molecule has 5 heteroatoms. The average molecular weight is 185 g/mol. The Balaban J connectivity index is 2.78. The predicted molar refractivity (Wildman–Crippen MR) is 49.0 cm³/mol. The fourth-order valence-corrected chi connectivity index (χ4v) is 1.86. The van der Waals surface area contributed by atoms with E-state index in [2.05, 4.69) is 15.8 Å². The molecule has 3 N–H and O–H groups in total. The molecule has 0 spiro atoms. The maximum Gasteiger partial charge on any atom is 0.315 e. The number of nitrogens with zero attached hydrogens (tertiary/aromatic N) is 1. The van der Waals surface area contributed by atoms with Gasteiger partial charge in [0.25, 0.3) is 0 Å². The van der Waals surface area contributed by atoms with Crippen LogP contribution in [0, 0.1) is 5.92 Å². The van der Waals surface area contributed by atoms with Crippen LogP contribution in [0.4, 0.5) is 4.79 Å². The van der Waals surface area contributed by atoms with Crippen molar-refractivity contribution >= 4 is 11.7 Å². The summed E-state index contributed by atoms with van der Waals surface area (Å²) in [7, 11) is 0. The summed E-state index contributed by atoms with van der Waals surface area (Å²) in [6, 6.07) is -0.165. The van der Waals surface area contributed by atoms with E-state index in [4.69, 9.17) is 5.21 Å². The van der Waals surface area contributed by atoms with Gasteiger partial charge in [-0.25, -0.2) is 4.79 Å². The van der Waals surface area contributed by atoms with Crippen LogP contribution in [0.15, 0.2) is 5.16 Å². The maximum absolute atomic E-state index is 11.0. The Kier molecular flexibility index (Phi) is 2.75. The van der Waals surface area contributed by atoms with E-state index in [9.17, 15) is 4.79 Å². The van der Waals surface area contributed by atoms with Gasteiger partial charge < -0.3 is 15.8 Å². The van der Waals surface area contributed by atoms with E-state index in [1.54, 1.807) is 6.92 Å². The molecule has 0 aromatic heterocycles. The van der Waals surface area contributed by atoms with Crippen molar-refractivity contribution in [2.45, 2.75) is 32.9 Å². The Hall–Kier alpha value is -1.26. The van der Waals surface area contributed by atoms with Crippen LogP contribution in [0.3, 0.4) is 0 Å². The van der Waals surface area contributed by atoms with Crippen LogP contribution in [0.5, 0.6) is 0 Å². The Morgan fingerprint density at radius 1 is 1.38 bits per heavy atom. The molecule has 0 radical (unpaired) electrons. The zero-order valence-electron chi connectivity index (χ0n) is 8.03. The van der Waals surface area contributed by atoms with E-state index < -0.39 is 0 Å². The minimum Gasteiger partial charge on any atom is -0.411 e. The van der Waals surface area contributed by atoms with Gasteiger partial charge in [-0.15, -0.1) is 0 Å². The number of rotatable bonds is 1. The topological polar surface area (TPSA) is 73.7 Å². The Morgan fingerprint density at radius 2 is 1.85 bits per heavy atom. The molecule has 0 aliphatic carbocycles. The molecule has 0 aromatic rings. The highest BCUT2D eigenvalue weighted by molar-refractivity contribution is 5.88. The number of carbonyl (C=O) groups excluding carboxylic acids is 1. The second-order valence-electron chi connectivity index (χ2n) is 3.46. The molecule has 1 aliphatic rings. The molecule has 0 saturated carbocycles. The maximum atomic E-state index is 11.0. The van der Waals surface area contributed by atoms with Gasteiger partial charge in [-0.2, -0.15) is 0 Å². The molecule has 5 nitrogen and oxygen atoms in total. The van der Waals surface area contributed by atoms with E-state index in [0.29, 0.717) is 5.71 Å². The van der Waals surface area contributed by atoms with Crippen molar-refractivity contribution in [1.29, 1.82) is 0 Å². The molecule has 1 rings (SSSR count). The zero-order valence-corrected chi connectivity index (χ0v) is 8.03. The molecule has 2 amide bonds. The summed E-state index contributed by atoms with van der Waals surface area (Å²) in [6.07, 6.45) is 0. The smallest absolute Gasteiger partial charge is 0.315 e. The van der Waals surface area contributed by atoms with Gasteiger partial charge in [-0.3, -0.25) is 0 Å². The Labute approximate surface area is 77.2 Å². The third-order valence-corrected chi connectivity index (χ3v) is 2.44. The summed E-state index contributed by atoms with van der Waals surface area (Å²) in [5.74, 6) is 0.0442. The number of urea groups is 1. The van der Waals surface area contributed by atoms with Gasteiger partial charge >= 0.3 is 6.03 Å². The standard InChI is InChI=1S/C8H15N3O2/c1-4-7(6(3)11-13)5(2)10-8(12)9-4/h4-5,7,13H,1-3H3,(H2,9,10,12)/b11-6+. The second-order valence-corrected chi connectivity index (χ2v) is 3.46. The van der Waals surface area contributed by atoms with Gasteiger partial charge in [0.05, 0.1) is 5.71 Å². The first kappa shape index (κ1) is 9.83. The highest BCUT2D eigenvalue weighted by atomic mass is 16.4. The van der Waals surface area contributed by atoms with Crippen molar-refractivity contribution in [2.24, 2.45) is 11.1 Å². The second kappa shape index (κ2) is 3.64. The van der Waals surface area contributed by atoms with Crippen molar-refractivity contribution < 1.29 is 10.0 Å². The third kappa shape index (κ3) is 1.91. The first-order valence-electron chi connectivity index (χ1n) is 4.32. The summed E-state index contributed by atoms with van der Waals surface area (Å²) in [6.45, 7) is 5.54. The molecule has 0 aromatic carbocycles. The first-order valence-corrected chi connectivity index (χ1v) is 4.32. The summed E-state index contributed by atoms with van der Waals surface area (Å²) < 4.78 is 0. The molecule has 1 saturated heterocycles. The Bertz CT molecular complexity index is 226. The van der Waals surface area contributed by atoms with Crippen LogP contribution in [0.2, 0.25) is 0 Å². The number of oxime groups is 1. The van der Waals surface area contributed by atoms with Crippen LogP contribution in [-0.2, 0) is 0 Å². The van der Waals surface area contributed by atoms with Crippen molar-refractivity contribution in [3.63, 3.8) is 0 Å². The molecule has 2 atom stereocenters. The van der Waals surface area contributed by atoms with E-state index in [-0.39, 0.29) is 24.0 Å². The number of amides is 2. The van der Waals surface area contributed by atoms with Crippen LogP contribution >= 0.6 is 0 Å². The van der Waals surface area contributed by atoms with Crippen LogP contribution in [0.25, 0.3) is 0 Å². The van der Waals surface area contributed by atoms with Crippen molar-refractivity contribution in [1.82, 2.24) is 10.6 Å². The largest absolute Gasteiger partial charge is 0.411 e. The summed E-state index contributed by atoms with van der Waals surface area (Å²) in [5, 5.41) is 17.3. The van der Waals surface area contributed by atoms with Crippen LogP contribution in [-0.4, -0.2) is 29.0 Å². The molecule has 2 unspecified atom stereocenters. The number of carbonyl (C=O) groups is 1. The van der Waals surface area contributed by atoms with Crippen LogP contribution in [0.1, 0.15) is 20.8 Å². The normalized spacial score (nSPS) is 35.2. The highest BCUT2D eigenvalue weighted by Crippen LogP contribution is 2.15. The van der Waals surface area contributed by atoms with Crippen molar-refractivity contribution in [3.8, 4) is 0 Å². The minimum absolute atomic E-state index is 0.000324. The van der Waals surface area contributed by atoms with Gasteiger partial charge in [0.15, 0.2) is 0 Å². The lowest BCUT2D eigenvalue weighted by atomic mass is 9.88. The minimum atomic E-state index is -0.165.